The summed E-state index contributed by atoms with van der Waals surface area (Å²) in [5, 5.41) is 2.73. The Bertz CT molecular complexity index is 696. The maximum atomic E-state index is 12.2. The number of carbonyl (C=O) groups excluding carboxylic acids is 2. The number of hydrogen-bond acceptors (Lipinski definition) is 4. The molecule has 0 aromatic heterocycles. The van der Waals surface area contributed by atoms with E-state index in [-0.39, 0.29) is 5.91 Å². The zero-order valence-electron chi connectivity index (χ0n) is 12.3. The van der Waals surface area contributed by atoms with E-state index in [0.717, 1.165) is 0 Å². The van der Waals surface area contributed by atoms with Gasteiger partial charge in [-0.2, -0.15) is 0 Å². The van der Waals surface area contributed by atoms with E-state index in [9.17, 15) is 9.59 Å². The summed E-state index contributed by atoms with van der Waals surface area (Å²) in [6.45, 7) is 0. The largest absolute Gasteiger partial charge is 0.493 e. The molecule has 2 aromatic rings. The molecular weight excluding hydrogens is 284 g/mol. The van der Waals surface area contributed by atoms with Crippen LogP contribution in [0.25, 0.3) is 0 Å². The highest BCUT2D eigenvalue weighted by Crippen LogP contribution is 2.27. The predicted molar refractivity (Wildman–Crippen MR) is 82.5 cm³/mol. The van der Waals surface area contributed by atoms with Crippen LogP contribution in [-0.4, -0.2) is 26.0 Å². The predicted octanol–water partition coefficient (Wildman–Crippen LogP) is 2.05. The molecule has 0 saturated heterocycles. The fourth-order valence-electron chi connectivity index (χ4n) is 1.90. The second kappa shape index (κ2) is 6.62. The molecule has 0 radical (unpaired) electrons. The number of nitrogens with two attached hydrogens (primary N) is 1. The van der Waals surface area contributed by atoms with E-state index in [0.29, 0.717) is 28.3 Å². The van der Waals surface area contributed by atoms with Gasteiger partial charge in [-0.25, -0.2) is 0 Å². The van der Waals surface area contributed by atoms with Gasteiger partial charge >= 0.3 is 0 Å². The van der Waals surface area contributed by atoms with E-state index >= 15 is 0 Å². The van der Waals surface area contributed by atoms with Gasteiger partial charge in [-0.3, -0.25) is 9.59 Å². The SMILES string of the molecule is COc1ccc(C(=O)Nc2ccc(C(N)=O)cc2)cc1OC. The average Bonchev–Trinajstić information content (AvgIpc) is 2.54. The molecule has 6 nitrogen and oxygen atoms in total. The van der Waals surface area contributed by atoms with Gasteiger partial charge in [-0.1, -0.05) is 0 Å². The summed E-state index contributed by atoms with van der Waals surface area (Å²) in [6, 6.07) is 11.2. The topological polar surface area (TPSA) is 90.6 Å². The second-order valence-electron chi connectivity index (χ2n) is 4.47. The van der Waals surface area contributed by atoms with Gasteiger partial charge in [-0.05, 0) is 42.5 Å². The third kappa shape index (κ3) is 3.35. The molecule has 2 amide bonds. The molecule has 0 fully saturated rings. The van der Waals surface area contributed by atoms with Crippen LogP contribution in [-0.2, 0) is 0 Å². The Kier molecular flexibility index (Phi) is 4.63. The minimum atomic E-state index is -0.516. The zero-order valence-corrected chi connectivity index (χ0v) is 12.3. The summed E-state index contributed by atoms with van der Waals surface area (Å²) in [5.41, 5.74) is 6.53. The molecule has 0 unspecified atom stereocenters. The molecule has 0 atom stereocenters. The standard InChI is InChI=1S/C16H16N2O4/c1-21-13-8-5-11(9-14(13)22-2)16(20)18-12-6-3-10(4-7-12)15(17)19/h3-9H,1-2H3,(H2,17,19)(H,18,20). The van der Waals surface area contributed by atoms with Crippen molar-refractivity contribution in [2.45, 2.75) is 0 Å². The van der Waals surface area contributed by atoms with E-state index < -0.39 is 5.91 Å². The van der Waals surface area contributed by atoms with E-state index in [1.54, 1.807) is 42.5 Å². The highest BCUT2D eigenvalue weighted by Gasteiger charge is 2.11. The normalized spacial score (nSPS) is 9.91. The number of ether oxygens (including phenoxy) is 2. The minimum Gasteiger partial charge on any atom is -0.493 e. The number of nitrogens with one attached hydrogen (secondary N) is 1. The Labute approximate surface area is 127 Å². The lowest BCUT2D eigenvalue weighted by Gasteiger charge is -2.10. The van der Waals surface area contributed by atoms with E-state index in [4.69, 9.17) is 15.2 Å². The number of amides is 2. The summed E-state index contributed by atoms with van der Waals surface area (Å²) in [7, 11) is 3.03. The number of anilines is 1. The molecule has 22 heavy (non-hydrogen) atoms. The molecule has 0 spiro atoms. The van der Waals surface area contributed by atoms with Crippen molar-refractivity contribution in [2.24, 2.45) is 5.73 Å². The van der Waals surface area contributed by atoms with Gasteiger partial charge in [0.25, 0.3) is 5.91 Å². The molecule has 0 aliphatic carbocycles. The fourth-order valence-corrected chi connectivity index (χ4v) is 1.90. The van der Waals surface area contributed by atoms with Crippen molar-refractivity contribution in [3.05, 3.63) is 53.6 Å². The van der Waals surface area contributed by atoms with Crippen molar-refractivity contribution in [1.82, 2.24) is 0 Å². The van der Waals surface area contributed by atoms with Crippen LogP contribution in [0.3, 0.4) is 0 Å². The van der Waals surface area contributed by atoms with Gasteiger partial charge in [0.15, 0.2) is 11.5 Å². The molecular formula is C16H16N2O4. The number of benzene rings is 2. The van der Waals surface area contributed by atoms with Crippen LogP contribution in [0.2, 0.25) is 0 Å². The molecule has 0 aliphatic heterocycles. The first-order chi connectivity index (χ1) is 10.5. The molecule has 114 valence electrons. The minimum absolute atomic E-state index is 0.298. The van der Waals surface area contributed by atoms with Crippen LogP contribution in [0.1, 0.15) is 20.7 Å². The van der Waals surface area contributed by atoms with Crippen molar-refractivity contribution in [3.63, 3.8) is 0 Å². The Morgan fingerprint density at radius 1 is 0.909 bits per heavy atom. The third-order valence-corrected chi connectivity index (χ3v) is 3.07. The summed E-state index contributed by atoms with van der Waals surface area (Å²) in [4.78, 5) is 23.2. The van der Waals surface area contributed by atoms with Crippen molar-refractivity contribution >= 4 is 17.5 Å². The van der Waals surface area contributed by atoms with Crippen LogP contribution in [0.15, 0.2) is 42.5 Å². The maximum absolute atomic E-state index is 12.2. The van der Waals surface area contributed by atoms with Crippen LogP contribution in [0.4, 0.5) is 5.69 Å². The summed E-state index contributed by atoms with van der Waals surface area (Å²) >= 11 is 0. The number of primary amides is 1. The first kappa shape index (κ1) is 15.4. The average molecular weight is 300 g/mol. The Morgan fingerprint density at radius 2 is 1.50 bits per heavy atom. The molecule has 6 heteroatoms. The van der Waals surface area contributed by atoms with E-state index in [1.165, 1.54) is 14.2 Å². The van der Waals surface area contributed by atoms with Crippen LogP contribution < -0.4 is 20.5 Å². The van der Waals surface area contributed by atoms with Crippen molar-refractivity contribution in [2.75, 3.05) is 19.5 Å². The monoisotopic (exact) mass is 300 g/mol. The first-order valence-corrected chi connectivity index (χ1v) is 6.48. The number of rotatable bonds is 5. The summed E-state index contributed by atoms with van der Waals surface area (Å²) < 4.78 is 10.3. The van der Waals surface area contributed by atoms with Crippen molar-refractivity contribution in [1.29, 1.82) is 0 Å². The van der Waals surface area contributed by atoms with Gasteiger partial charge in [-0.15, -0.1) is 0 Å². The molecule has 0 aliphatic rings. The lowest BCUT2D eigenvalue weighted by atomic mass is 10.1. The first-order valence-electron chi connectivity index (χ1n) is 6.48. The fraction of sp³-hybridized carbons (Fsp3) is 0.125. The number of hydrogen-bond donors (Lipinski definition) is 2. The molecule has 2 aromatic carbocycles. The van der Waals surface area contributed by atoms with Crippen molar-refractivity contribution < 1.29 is 19.1 Å². The van der Waals surface area contributed by atoms with Crippen LogP contribution in [0.5, 0.6) is 11.5 Å². The Balaban J connectivity index is 2.16. The smallest absolute Gasteiger partial charge is 0.255 e. The van der Waals surface area contributed by atoms with Crippen LogP contribution >= 0.6 is 0 Å². The molecule has 2 rings (SSSR count). The van der Waals surface area contributed by atoms with Gasteiger partial charge in [0.05, 0.1) is 14.2 Å². The highest BCUT2D eigenvalue weighted by atomic mass is 16.5. The van der Waals surface area contributed by atoms with Gasteiger partial charge in [0.2, 0.25) is 5.91 Å². The van der Waals surface area contributed by atoms with Crippen LogP contribution in [0, 0.1) is 0 Å². The zero-order chi connectivity index (χ0) is 16.1. The molecule has 0 saturated carbocycles. The van der Waals surface area contributed by atoms with E-state index in [2.05, 4.69) is 5.32 Å². The highest BCUT2D eigenvalue weighted by molar-refractivity contribution is 6.05. The maximum Gasteiger partial charge on any atom is 0.255 e. The summed E-state index contributed by atoms with van der Waals surface area (Å²) in [5.74, 6) is 0.203. The molecule has 0 heterocycles. The number of carbonyl (C=O) groups is 2. The Hall–Kier alpha value is -3.02. The lowest BCUT2D eigenvalue weighted by Crippen LogP contribution is -2.13. The lowest BCUT2D eigenvalue weighted by molar-refractivity contribution is 0.0998. The molecule has 0 bridgehead atoms. The van der Waals surface area contributed by atoms with Gasteiger partial charge in [0, 0.05) is 16.8 Å². The summed E-state index contributed by atoms with van der Waals surface area (Å²) in [6.07, 6.45) is 0. The van der Waals surface area contributed by atoms with Gasteiger partial charge < -0.3 is 20.5 Å². The quantitative estimate of drug-likeness (QED) is 0.884. The molecule has 3 N–H and O–H groups in total. The van der Waals surface area contributed by atoms with E-state index in [1.807, 2.05) is 0 Å². The van der Waals surface area contributed by atoms with Crippen molar-refractivity contribution in [3.8, 4) is 11.5 Å². The second-order valence-corrected chi connectivity index (χ2v) is 4.47. The third-order valence-electron chi connectivity index (χ3n) is 3.07. The number of methoxy groups -OCH3 is 2. The van der Waals surface area contributed by atoms with Gasteiger partial charge in [0.1, 0.15) is 0 Å². The Morgan fingerprint density at radius 3 is 2.05 bits per heavy atom.